The summed E-state index contributed by atoms with van der Waals surface area (Å²) >= 11 is 5.83. The highest BCUT2D eigenvalue weighted by Crippen LogP contribution is 2.34. The third kappa shape index (κ3) is 3.09. The first kappa shape index (κ1) is 11.8. The molecule has 0 fully saturated rings. The van der Waals surface area contributed by atoms with Crippen LogP contribution in [0.5, 0.6) is 5.75 Å². The van der Waals surface area contributed by atoms with Gasteiger partial charge in [-0.25, -0.2) is 0 Å². The average molecular weight is 230 g/mol. The van der Waals surface area contributed by atoms with E-state index in [1.807, 2.05) is 13.8 Å². The predicted octanol–water partition coefficient (Wildman–Crippen LogP) is 3.28. The fraction of sp³-hybridized carbons (Fsp3) is 0.400. The van der Waals surface area contributed by atoms with E-state index in [0.717, 1.165) is 0 Å². The molecule has 15 heavy (non-hydrogen) atoms. The van der Waals surface area contributed by atoms with Crippen LogP contribution in [0.1, 0.15) is 13.8 Å². The quantitative estimate of drug-likeness (QED) is 0.588. The number of benzene rings is 1. The van der Waals surface area contributed by atoms with Crippen LogP contribution in [-0.2, 0) is 0 Å². The van der Waals surface area contributed by atoms with Crippen LogP contribution in [0.15, 0.2) is 18.2 Å². The second kappa shape index (κ2) is 4.98. The lowest BCUT2D eigenvalue weighted by molar-refractivity contribution is -0.385. The fourth-order valence-corrected chi connectivity index (χ4v) is 1.26. The van der Waals surface area contributed by atoms with E-state index in [-0.39, 0.29) is 16.5 Å². The molecule has 1 aromatic carbocycles. The lowest BCUT2D eigenvalue weighted by Gasteiger charge is -2.09. The van der Waals surface area contributed by atoms with E-state index in [1.54, 1.807) is 6.07 Å². The van der Waals surface area contributed by atoms with Gasteiger partial charge in [0.2, 0.25) is 5.75 Å². The molecule has 1 aromatic rings. The molecule has 5 heteroatoms. The molecular weight excluding hydrogens is 218 g/mol. The smallest absolute Gasteiger partial charge is 0.312 e. The van der Waals surface area contributed by atoms with E-state index in [4.69, 9.17) is 16.3 Å². The lowest BCUT2D eigenvalue weighted by Crippen LogP contribution is -2.06. The molecular formula is C10H12ClNO3. The molecule has 0 heterocycles. The van der Waals surface area contributed by atoms with Gasteiger partial charge in [0.15, 0.2) is 0 Å². The summed E-state index contributed by atoms with van der Waals surface area (Å²) in [6.07, 6.45) is 0. The van der Waals surface area contributed by atoms with Crippen LogP contribution < -0.4 is 4.74 Å². The van der Waals surface area contributed by atoms with Crippen LogP contribution in [0, 0.1) is 16.0 Å². The molecule has 0 radical (unpaired) electrons. The zero-order valence-electron chi connectivity index (χ0n) is 8.57. The Morgan fingerprint density at radius 2 is 2.20 bits per heavy atom. The van der Waals surface area contributed by atoms with Crippen LogP contribution >= 0.6 is 11.6 Å². The first-order chi connectivity index (χ1) is 7.02. The van der Waals surface area contributed by atoms with Crippen LogP contribution in [0.25, 0.3) is 0 Å². The molecule has 0 aliphatic carbocycles. The van der Waals surface area contributed by atoms with Crippen molar-refractivity contribution in [3.63, 3.8) is 0 Å². The van der Waals surface area contributed by atoms with Crippen LogP contribution in [0.2, 0.25) is 5.02 Å². The van der Waals surface area contributed by atoms with Gasteiger partial charge in [-0.1, -0.05) is 31.5 Å². The van der Waals surface area contributed by atoms with Crippen LogP contribution in [-0.4, -0.2) is 11.5 Å². The zero-order chi connectivity index (χ0) is 11.4. The Labute approximate surface area is 93.0 Å². The molecule has 0 amide bonds. The van der Waals surface area contributed by atoms with Crippen molar-refractivity contribution in [3.8, 4) is 5.75 Å². The maximum atomic E-state index is 10.7. The molecule has 0 unspecified atom stereocenters. The largest absolute Gasteiger partial charge is 0.486 e. The Hall–Kier alpha value is -1.29. The number of ether oxygens (including phenoxy) is 1. The highest BCUT2D eigenvalue weighted by Gasteiger charge is 2.18. The Bertz CT molecular complexity index is 366. The van der Waals surface area contributed by atoms with Crippen molar-refractivity contribution in [1.29, 1.82) is 0 Å². The van der Waals surface area contributed by atoms with Crippen molar-refractivity contribution in [2.75, 3.05) is 6.61 Å². The molecule has 1 rings (SSSR count). The number of hydrogen-bond donors (Lipinski definition) is 0. The van der Waals surface area contributed by atoms with E-state index in [2.05, 4.69) is 0 Å². The summed E-state index contributed by atoms with van der Waals surface area (Å²) < 4.78 is 5.32. The first-order valence-electron chi connectivity index (χ1n) is 4.58. The van der Waals surface area contributed by atoms with Gasteiger partial charge in [0.05, 0.1) is 16.6 Å². The van der Waals surface area contributed by atoms with Gasteiger partial charge in [-0.15, -0.1) is 0 Å². The van der Waals surface area contributed by atoms with Crippen molar-refractivity contribution >= 4 is 17.3 Å². The Morgan fingerprint density at radius 1 is 1.53 bits per heavy atom. The summed E-state index contributed by atoms with van der Waals surface area (Å²) in [6.45, 7) is 4.33. The minimum atomic E-state index is -0.498. The van der Waals surface area contributed by atoms with E-state index in [9.17, 15) is 10.1 Å². The summed E-state index contributed by atoms with van der Waals surface area (Å²) in [5, 5.41) is 11.0. The first-order valence-corrected chi connectivity index (χ1v) is 4.96. The van der Waals surface area contributed by atoms with Gasteiger partial charge in [0.1, 0.15) is 0 Å². The van der Waals surface area contributed by atoms with Crippen LogP contribution in [0.4, 0.5) is 5.69 Å². The van der Waals surface area contributed by atoms with E-state index in [0.29, 0.717) is 12.5 Å². The lowest BCUT2D eigenvalue weighted by atomic mass is 10.2. The Kier molecular flexibility index (Phi) is 3.91. The zero-order valence-corrected chi connectivity index (χ0v) is 9.32. The predicted molar refractivity (Wildman–Crippen MR) is 58.4 cm³/mol. The second-order valence-electron chi connectivity index (χ2n) is 3.55. The third-order valence-electron chi connectivity index (χ3n) is 1.70. The molecule has 0 aliphatic rings. The molecule has 0 bridgehead atoms. The van der Waals surface area contributed by atoms with Crippen molar-refractivity contribution in [2.45, 2.75) is 13.8 Å². The molecule has 0 aliphatic heterocycles. The number of halogens is 1. The maximum Gasteiger partial charge on any atom is 0.312 e. The van der Waals surface area contributed by atoms with Gasteiger partial charge in [0.25, 0.3) is 0 Å². The van der Waals surface area contributed by atoms with Gasteiger partial charge < -0.3 is 4.74 Å². The number of para-hydroxylation sites is 1. The minimum Gasteiger partial charge on any atom is -0.486 e. The van der Waals surface area contributed by atoms with E-state index < -0.39 is 4.92 Å². The summed E-state index contributed by atoms with van der Waals surface area (Å²) in [6, 6.07) is 4.48. The molecule has 0 saturated carbocycles. The minimum absolute atomic E-state index is 0.0943. The molecule has 4 nitrogen and oxygen atoms in total. The summed E-state index contributed by atoms with van der Waals surface area (Å²) in [5.74, 6) is 0.443. The summed E-state index contributed by atoms with van der Waals surface area (Å²) in [4.78, 5) is 10.2. The highest BCUT2D eigenvalue weighted by atomic mass is 35.5. The fourth-order valence-electron chi connectivity index (χ4n) is 1.03. The van der Waals surface area contributed by atoms with Gasteiger partial charge >= 0.3 is 5.69 Å². The molecule has 0 atom stereocenters. The SMILES string of the molecule is CC(C)COc1c(Cl)cccc1[N+](=O)[O-]. The molecule has 0 saturated heterocycles. The maximum absolute atomic E-state index is 10.7. The van der Waals surface area contributed by atoms with Crippen molar-refractivity contribution < 1.29 is 9.66 Å². The molecule has 0 spiro atoms. The van der Waals surface area contributed by atoms with Crippen molar-refractivity contribution in [3.05, 3.63) is 33.3 Å². The highest BCUT2D eigenvalue weighted by molar-refractivity contribution is 6.32. The van der Waals surface area contributed by atoms with Gasteiger partial charge in [-0.05, 0) is 12.0 Å². The molecule has 82 valence electrons. The number of nitro benzene ring substituents is 1. The standard InChI is InChI=1S/C10H12ClNO3/c1-7(2)6-15-10-8(11)4-3-5-9(10)12(13)14/h3-5,7H,6H2,1-2H3. The summed E-state index contributed by atoms with van der Waals surface area (Å²) in [7, 11) is 0. The topological polar surface area (TPSA) is 52.4 Å². The van der Waals surface area contributed by atoms with E-state index >= 15 is 0 Å². The van der Waals surface area contributed by atoms with Gasteiger partial charge in [-0.2, -0.15) is 0 Å². The van der Waals surface area contributed by atoms with Gasteiger partial charge in [0, 0.05) is 6.07 Å². The monoisotopic (exact) mass is 229 g/mol. The molecule has 0 N–H and O–H groups in total. The number of nitro groups is 1. The summed E-state index contributed by atoms with van der Waals surface area (Å²) in [5.41, 5.74) is -0.0943. The normalized spacial score (nSPS) is 10.4. The Balaban J connectivity index is 2.97. The number of nitrogens with zero attached hydrogens (tertiary/aromatic N) is 1. The third-order valence-corrected chi connectivity index (χ3v) is 2.00. The number of rotatable bonds is 4. The van der Waals surface area contributed by atoms with Crippen LogP contribution in [0.3, 0.4) is 0 Å². The average Bonchev–Trinajstić information content (AvgIpc) is 2.15. The van der Waals surface area contributed by atoms with Crippen molar-refractivity contribution in [1.82, 2.24) is 0 Å². The van der Waals surface area contributed by atoms with Gasteiger partial charge in [-0.3, -0.25) is 10.1 Å². The Morgan fingerprint density at radius 3 is 2.73 bits per heavy atom. The molecule has 0 aromatic heterocycles. The van der Waals surface area contributed by atoms with Crippen molar-refractivity contribution in [2.24, 2.45) is 5.92 Å². The number of hydrogen-bond acceptors (Lipinski definition) is 3. The second-order valence-corrected chi connectivity index (χ2v) is 3.96. The van der Waals surface area contributed by atoms with E-state index in [1.165, 1.54) is 12.1 Å².